The van der Waals surface area contributed by atoms with Gasteiger partial charge in [0.2, 0.25) is 17.7 Å². The maximum absolute atomic E-state index is 12.5. The molecule has 1 aromatic carbocycles. The molecule has 4 rings (SSSR count). The van der Waals surface area contributed by atoms with Gasteiger partial charge in [0.25, 0.3) is 0 Å². The molecular weight excluding hydrogens is 368 g/mol. The SMILES string of the molecule is Cc1nccn1Cc1cccc(CNC(=O)CN2C(=O)[C@H]3CCCC[C@H]3C2=O)c1. The minimum Gasteiger partial charge on any atom is -0.350 e. The molecule has 0 unspecified atom stereocenters. The maximum atomic E-state index is 12.5. The minimum absolute atomic E-state index is 0.174. The Labute approximate surface area is 170 Å². The average molecular weight is 394 g/mol. The Hall–Kier alpha value is -2.96. The topological polar surface area (TPSA) is 84.3 Å². The first-order valence-electron chi connectivity index (χ1n) is 10.2. The second-order valence-electron chi connectivity index (χ2n) is 7.96. The van der Waals surface area contributed by atoms with Gasteiger partial charge in [-0.2, -0.15) is 0 Å². The van der Waals surface area contributed by atoms with Crippen molar-refractivity contribution >= 4 is 17.7 Å². The molecular formula is C22H26N4O3. The molecule has 29 heavy (non-hydrogen) atoms. The lowest BCUT2D eigenvalue weighted by atomic mass is 9.81. The number of aromatic nitrogens is 2. The van der Waals surface area contributed by atoms with Crippen molar-refractivity contribution < 1.29 is 14.4 Å². The molecule has 0 spiro atoms. The number of aryl methyl sites for hydroxylation is 1. The molecule has 2 aliphatic rings. The van der Waals surface area contributed by atoms with E-state index in [1.54, 1.807) is 6.20 Å². The average Bonchev–Trinajstić information content (AvgIpc) is 3.23. The first-order valence-corrected chi connectivity index (χ1v) is 10.2. The Balaban J connectivity index is 1.33. The van der Waals surface area contributed by atoms with E-state index in [-0.39, 0.29) is 36.1 Å². The van der Waals surface area contributed by atoms with Crippen LogP contribution in [0.3, 0.4) is 0 Å². The van der Waals surface area contributed by atoms with E-state index in [9.17, 15) is 14.4 Å². The second-order valence-corrected chi connectivity index (χ2v) is 7.96. The second kappa shape index (κ2) is 8.19. The number of imidazole rings is 1. The van der Waals surface area contributed by atoms with Crippen molar-refractivity contribution in [1.82, 2.24) is 19.8 Å². The van der Waals surface area contributed by atoms with E-state index in [0.29, 0.717) is 13.1 Å². The highest BCUT2D eigenvalue weighted by Gasteiger charge is 2.48. The molecule has 2 fully saturated rings. The number of carbonyl (C=O) groups is 3. The maximum Gasteiger partial charge on any atom is 0.240 e. The van der Waals surface area contributed by atoms with E-state index < -0.39 is 0 Å². The fraction of sp³-hybridized carbons (Fsp3) is 0.455. The van der Waals surface area contributed by atoms with Gasteiger partial charge >= 0.3 is 0 Å². The Morgan fingerprint density at radius 1 is 1.14 bits per heavy atom. The van der Waals surface area contributed by atoms with Crippen LogP contribution in [-0.4, -0.2) is 38.7 Å². The largest absolute Gasteiger partial charge is 0.350 e. The van der Waals surface area contributed by atoms with Gasteiger partial charge in [-0.05, 0) is 30.9 Å². The van der Waals surface area contributed by atoms with Gasteiger partial charge in [0.05, 0.1) is 11.8 Å². The third-order valence-corrected chi connectivity index (χ3v) is 5.99. The van der Waals surface area contributed by atoms with Crippen molar-refractivity contribution in [2.75, 3.05) is 6.54 Å². The highest BCUT2D eigenvalue weighted by Crippen LogP contribution is 2.37. The summed E-state index contributed by atoms with van der Waals surface area (Å²) in [5.41, 5.74) is 2.09. The number of imide groups is 1. The molecule has 1 N–H and O–H groups in total. The zero-order valence-corrected chi connectivity index (χ0v) is 16.6. The quantitative estimate of drug-likeness (QED) is 0.760. The standard InChI is InChI=1S/C22H26N4O3/c1-15-23-9-10-25(15)13-17-6-4-5-16(11-17)12-24-20(27)14-26-21(28)18-7-2-3-8-19(18)22(26)29/h4-6,9-11,18-19H,2-3,7-8,12-14H2,1H3,(H,24,27)/t18-,19+. The van der Waals surface area contributed by atoms with Gasteiger partial charge in [0, 0.05) is 25.5 Å². The van der Waals surface area contributed by atoms with Gasteiger partial charge < -0.3 is 9.88 Å². The van der Waals surface area contributed by atoms with Crippen LogP contribution in [0.5, 0.6) is 0 Å². The normalized spacial score (nSPS) is 21.3. The molecule has 3 amide bonds. The van der Waals surface area contributed by atoms with Gasteiger partial charge in [-0.25, -0.2) is 4.98 Å². The summed E-state index contributed by atoms with van der Waals surface area (Å²) < 4.78 is 2.06. The van der Waals surface area contributed by atoms with Crippen molar-refractivity contribution in [3.8, 4) is 0 Å². The van der Waals surface area contributed by atoms with Gasteiger partial charge in [-0.3, -0.25) is 19.3 Å². The number of fused-ring (bicyclic) bond motifs is 1. The molecule has 2 atom stereocenters. The molecule has 1 saturated carbocycles. The van der Waals surface area contributed by atoms with Crippen molar-refractivity contribution in [2.45, 2.75) is 45.7 Å². The van der Waals surface area contributed by atoms with Crippen molar-refractivity contribution in [2.24, 2.45) is 11.8 Å². The number of carbonyl (C=O) groups excluding carboxylic acids is 3. The van der Waals surface area contributed by atoms with E-state index in [1.807, 2.05) is 37.4 Å². The molecule has 1 aliphatic heterocycles. The summed E-state index contributed by atoms with van der Waals surface area (Å²) in [5.74, 6) is -0.134. The smallest absolute Gasteiger partial charge is 0.240 e. The zero-order chi connectivity index (χ0) is 20.4. The van der Waals surface area contributed by atoms with Gasteiger partial charge in [0.15, 0.2) is 0 Å². The molecule has 2 heterocycles. The predicted molar refractivity (Wildman–Crippen MR) is 107 cm³/mol. The number of nitrogens with one attached hydrogen (secondary N) is 1. The molecule has 1 aromatic heterocycles. The fourth-order valence-corrected chi connectivity index (χ4v) is 4.39. The number of nitrogens with zero attached hydrogens (tertiary/aromatic N) is 3. The molecule has 1 aliphatic carbocycles. The number of benzene rings is 1. The lowest BCUT2D eigenvalue weighted by Gasteiger charge is -2.19. The molecule has 1 saturated heterocycles. The van der Waals surface area contributed by atoms with E-state index >= 15 is 0 Å². The van der Waals surface area contributed by atoms with Crippen molar-refractivity contribution in [3.63, 3.8) is 0 Å². The fourth-order valence-electron chi connectivity index (χ4n) is 4.39. The third kappa shape index (κ3) is 4.09. The summed E-state index contributed by atoms with van der Waals surface area (Å²) in [7, 11) is 0. The molecule has 0 bridgehead atoms. The van der Waals surface area contributed by atoms with E-state index in [1.165, 1.54) is 0 Å². The summed E-state index contributed by atoms with van der Waals surface area (Å²) in [4.78, 5) is 42.8. The van der Waals surface area contributed by atoms with Gasteiger partial charge in [0.1, 0.15) is 12.4 Å². The van der Waals surface area contributed by atoms with Gasteiger partial charge in [-0.1, -0.05) is 37.1 Å². The van der Waals surface area contributed by atoms with Crippen LogP contribution in [0.4, 0.5) is 0 Å². The van der Waals surface area contributed by atoms with Crippen LogP contribution in [0.2, 0.25) is 0 Å². The molecule has 152 valence electrons. The monoisotopic (exact) mass is 394 g/mol. The van der Waals surface area contributed by atoms with Crippen molar-refractivity contribution in [3.05, 3.63) is 53.6 Å². The van der Waals surface area contributed by atoms with Crippen LogP contribution >= 0.6 is 0 Å². The van der Waals surface area contributed by atoms with E-state index in [0.717, 1.165) is 47.5 Å². The third-order valence-electron chi connectivity index (χ3n) is 5.99. The lowest BCUT2D eigenvalue weighted by Crippen LogP contribution is -2.40. The van der Waals surface area contributed by atoms with Crippen molar-refractivity contribution in [1.29, 1.82) is 0 Å². The number of amides is 3. The number of rotatable bonds is 6. The van der Waals surface area contributed by atoms with Crippen LogP contribution in [0.25, 0.3) is 0 Å². The summed E-state index contributed by atoms with van der Waals surface area (Å²) >= 11 is 0. The summed E-state index contributed by atoms with van der Waals surface area (Å²) in [6.45, 7) is 2.85. The Bertz CT molecular complexity index is 912. The number of likely N-dealkylation sites (tertiary alicyclic amines) is 1. The Morgan fingerprint density at radius 2 is 1.83 bits per heavy atom. The first-order chi connectivity index (χ1) is 14.0. The van der Waals surface area contributed by atoms with Crippen LogP contribution in [0.1, 0.15) is 42.6 Å². The molecule has 0 radical (unpaired) electrons. The van der Waals surface area contributed by atoms with Crippen LogP contribution < -0.4 is 5.32 Å². The number of hydrogen-bond donors (Lipinski definition) is 1. The Kier molecular flexibility index (Phi) is 5.47. The Morgan fingerprint density at radius 3 is 2.48 bits per heavy atom. The molecule has 7 nitrogen and oxygen atoms in total. The minimum atomic E-state index is -0.304. The first kappa shape index (κ1) is 19.4. The van der Waals surface area contributed by atoms with Crippen LogP contribution in [-0.2, 0) is 27.5 Å². The molecule has 2 aromatic rings. The number of hydrogen-bond acceptors (Lipinski definition) is 4. The summed E-state index contributed by atoms with van der Waals surface area (Å²) in [6, 6.07) is 7.99. The zero-order valence-electron chi connectivity index (χ0n) is 16.6. The van der Waals surface area contributed by atoms with E-state index in [4.69, 9.17) is 0 Å². The summed E-state index contributed by atoms with van der Waals surface area (Å²) in [6.07, 6.45) is 7.19. The summed E-state index contributed by atoms with van der Waals surface area (Å²) in [5, 5.41) is 2.84. The van der Waals surface area contributed by atoms with Crippen LogP contribution in [0.15, 0.2) is 36.7 Å². The lowest BCUT2D eigenvalue weighted by molar-refractivity contribution is -0.143. The highest BCUT2D eigenvalue weighted by atomic mass is 16.2. The van der Waals surface area contributed by atoms with E-state index in [2.05, 4.69) is 14.9 Å². The highest BCUT2D eigenvalue weighted by molar-refractivity contribution is 6.07. The molecule has 7 heteroatoms. The van der Waals surface area contributed by atoms with Crippen LogP contribution in [0, 0.1) is 18.8 Å². The van der Waals surface area contributed by atoms with Gasteiger partial charge in [-0.15, -0.1) is 0 Å². The predicted octanol–water partition coefficient (Wildman–Crippen LogP) is 2.03.